The quantitative estimate of drug-likeness (QED) is 0.603. The van der Waals surface area contributed by atoms with Gasteiger partial charge in [0.25, 0.3) is 5.56 Å². The number of fused-ring (bicyclic) bond motifs is 1. The maximum Gasteiger partial charge on any atom is 0.343 e. The van der Waals surface area contributed by atoms with Crippen molar-refractivity contribution < 1.29 is 14.3 Å². The largest absolute Gasteiger partial charge is 0.490 e. The Kier molecular flexibility index (Phi) is 6.42. The minimum absolute atomic E-state index is 0.134. The number of hydrogen-bond acceptors (Lipinski definition) is 5. The van der Waals surface area contributed by atoms with Crippen LogP contribution in [-0.2, 0) is 17.7 Å². The number of pyridine rings is 1. The number of allylic oxidation sites excluding steroid dienone is 1. The van der Waals surface area contributed by atoms with Crippen LogP contribution in [0.15, 0.2) is 22.5 Å². The average Bonchev–Trinajstić information content (AvgIpc) is 2.77. The molecule has 1 aliphatic rings. The lowest BCUT2D eigenvalue weighted by Crippen LogP contribution is -2.30. The average molecular weight is 348 g/mol. The molecule has 0 spiro atoms. The van der Waals surface area contributed by atoms with Gasteiger partial charge in [-0.25, -0.2) is 4.79 Å². The van der Waals surface area contributed by atoms with Gasteiger partial charge in [-0.3, -0.25) is 9.69 Å². The molecule has 0 aliphatic carbocycles. The Morgan fingerprint density at radius 2 is 2.04 bits per heavy atom. The van der Waals surface area contributed by atoms with E-state index < -0.39 is 5.97 Å². The molecular formula is C19H28N2O4. The van der Waals surface area contributed by atoms with E-state index in [0.717, 1.165) is 19.6 Å². The smallest absolute Gasteiger partial charge is 0.343 e. The van der Waals surface area contributed by atoms with Crippen LogP contribution in [0.1, 0.15) is 43.7 Å². The van der Waals surface area contributed by atoms with Crippen molar-refractivity contribution in [1.82, 2.24) is 9.47 Å². The van der Waals surface area contributed by atoms with E-state index in [1.807, 2.05) is 20.8 Å². The van der Waals surface area contributed by atoms with Gasteiger partial charge in [0.15, 0.2) is 0 Å². The lowest BCUT2D eigenvalue weighted by Gasteiger charge is -2.19. The zero-order valence-electron chi connectivity index (χ0n) is 15.8. The highest BCUT2D eigenvalue weighted by molar-refractivity contribution is 5.93. The number of aromatic nitrogens is 1. The third-order valence-corrected chi connectivity index (χ3v) is 4.40. The van der Waals surface area contributed by atoms with E-state index in [1.165, 1.54) is 18.7 Å². The fourth-order valence-electron chi connectivity index (χ4n) is 3.06. The molecule has 0 unspecified atom stereocenters. The molecule has 0 radical (unpaired) electrons. The van der Waals surface area contributed by atoms with Crippen LogP contribution in [0.3, 0.4) is 0 Å². The summed E-state index contributed by atoms with van der Waals surface area (Å²) < 4.78 is 12.4. The van der Waals surface area contributed by atoms with Crippen molar-refractivity contribution in [3.05, 3.63) is 39.3 Å². The molecule has 1 aromatic heterocycles. The van der Waals surface area contributed by atoms with E-state index in [-0.39, 0.29) is 11.7 Å². The van der Waals surface area contributed by atoms with Crippen molar-refractivity contribution in [3.8, 4) is 5.75 Å². The summed E-state index contributed by atoms with van der Waals surface area (Å²) in [7, 11) is 1.35. The fraction of sp³-hybridized carbons (Fsp3) is 0.579. The summed E-state index contributed by atoms with van der Waals surface area (Å²) in [6.07, 6.45) is 2.57. The lowest BCUT2D eigenvalue weighted by molar-refractivity contribution is 0.0591. The lowest BCUT2D eigenvalue weighted by atomic mass is 10.1. The van der Waals surface area contributed by atoms with Gasteiger partial charge < -0.3 is 14.0 Å². The highest BCUT2D eigenvalue weighted by Crippen LogP contribution is 2.25. The second-order valence-electron chi connectivity index (χ2n) is 6.64. The van der Waals surface area contributed by atoms with Gasteiger partial charge in [-0.15, -0.1) is 0 Å². The fourth-order valence-corrected chi connectivity index (χ4v) is 3.06. The van der Waals surface area contributed by atoms with E-state index in [0.29, 0.717) is 30.0 Å². The molecule has 2 rings (SSSR count). The van der Waals surface area contributed by atoms with Crippen LogP contribution in [0.5, 0.6) is 5.75 Å². The van der Waals surface area contributed by atoms with Gasteiger partial charge in [0.05, 0.1) is 13.2 Å². The molecule has 25 heavy (non-hydrogen) atoms. The molecule has 2 heterocycles. The third-order valence-electron chi connectivity index (χ3n) is 4.40. The first kappa shape index (κ1) is 19.2. The zero-order chi connectivity index (χ0) is 18.6. The first-order chi connectivity index (χ1) is 11.9. The monoisotopic (exact) mass is 348 g/mol. The Morgan fingerprint density at radius 1 is 1.32 bits per heavy atom. The number of methoxy groups -OCH3 is 1. The molecule has 0 N–H and O–H groups in total. The van der Waals surface area contributed by atoms with Crippen molar-refractivity contribution in [1.29, 1.82) is 0 Å². The number of nitrogens with zero attached hydrogens (tertiary/aromatic N) is 2. The number of hydrogen-bond donors (Lipinski definition) is 0. The van der Waals surface area contributed by atoms with Crippen LogP contribution in [0.25, 0.3) is 0 Å². The summed E-state index contributed by atoms with van der Waals surface area (Å²) in [6, 6.07) is 1.41. The van der Waals surface area contributed by atoms with E-state index in [1.54, 1.807) is 4.57 Å². The van der Waals surface area contributed by atoms with Crippen LogP contribution in [0.4, 0.5) is 0 Å². The summed E-state index contributed by atoms with van der Waals surface area (Å²) in [4.78, 5) is 27.2. The summed E-state index contributed by atoms with van der Waals surface area (Å²) in [6.45, 7) is 10.8. The molecule has 138 valence electrons. The minimum atomic E-state index is -0.461. The molecule has 0 atom stereocenters. The van der Waals surface area contributed by atoms with Gasteiger partial charge in [0.1, 0.15) is 11.3 Å². The molecule has 0 aromatic carbocycles. The van der Waals surface area contributed by atoms with Gasteiger partial charge in [-0.1, -0.05) is 11.6 Å². The van der Waals surface area contributed by atoms with Crippen molar-refractivity contribution in [2.45, 2.75) is 46.8 Å². The van der Waals surface area contributed by atoms with E-state index >= 15 is 0 Å². The van der Waals surface area contributed by atoms with Crippen molar-refractivity contribution in [3.63, 3.8) is 0 Å². The van der Waals surface area contributed by atoms with Gasteiger partial charge in [-0.2, -0.15) is 0 Å². The number of carbonyl (C=O) groups is 1. The minimum Gasteiger partial charge on any atom is -0.490 e. The van der Waals surface area contributed by atoms with E-state index in [4.69, 9.17) is 9.47 Å². The zero-order valence-corrected chi connectivity index (χ0v) is 15.8. The Bertz CT molecular complexity index is 719. The molecule has 1 aromatic rings. The predicted molar refractivity (Wildman–Crippen MR) is 97.4 cm³/mol. The van der Waals surface area contributed by atoms with Crippen molar-refractivity contribution in [2.75, 3.05) is 26.7 Å². The van der Waals surface area contributed by atoms with Crippen molar-refractivity contribution in [2.24, 2.45) is 0 Å². The van der Waals surface area contributed by atoms with E-state index in [2.05, 4.69) is 17.9 Å². The molecule has 0 fully saturated rings. The molecule has 0 saturated heterocycles. The highest BCUT2D eigenvalue weighted by atomic mass is 16.5. The van der Waals surface area contributed by atoms with Gasteiger partial charge in [0, 0.05) is 44.4 Å². The Morgan fingerprint density at radius 3 is 2.64 bits per heavy atom. The van der Waals surface area contributed by atoms with Crippen LogP contribution < -0.4 is 10.3 Å². The molecule has 6 heteroatoms. The second-order valence-corrected chi connectivity index (χ2v) is 6.64. The molecule has 1 aliphatic heterocycles. The standard InChI is InChI=1S/C19H28N2O4/c1-6-14(4)12-20-8-7-15-18(19(23)24-5)16(25-13(2)3)11-17(22)21(15)10-9-20/h6,11,13H,7-10,12H2,1-5H3/b14-6+. The first-order valence-electron chi connectivity index (χ1n) is 8.73. The van der Waals surface area contributed by atoms with E-state index in [9.17, 15) is 9.59 Å². The molecular weight excluding hydrogens is 320 g/mol. The second kappa shape index (κ2) is 8.34. The predicted octanol–water partition coefficient (Wildman–Crippen LogP) is 2.25. The molecule has 0 bridgehead atoms. The van der Waals surface area contributed by atoms with Crippen LogP contribution >= 0.6 is 0 Å². The third kappa shape index (κ3) is 4.51. The number of rotatable bonds is 5. The Hall–Kier alpha value is -2.08. The maximum absolute atomic E-state index is 12.6. The first-order valence-corrected chi connectivity index (χ1v) is 8.73. The SMILES string of the molecule is C/C=C(\C)CN1CCc2c(C(=O)OC)c(OC(C)C)cc(=O)n2CC1. The number of esters is 1. The normalized spacial score (nSPS) is 15.7. The van der Waals surface area contributed by atoms with Crippen LogP contribution in [-0.4, -0.2) is 48.3 Å². The summed E-state index contributed by atoms with van der Waals surface area (Å²) in [5.41, 5.74) is 2.23. The maximum atomic E-state index is 12.6. The van der Waals surface area contributed by atoms with Crippen LogP contribution in [0.2, 0.25) is 0 Å². The molecule has 0 amide bonds. The summed E-state index contributed by atoms with van der Waals surface area (Å²) >= 11 is 0. The Labute approximate surface area is 149 Å². The summed E-state index contributed by atoms with van der Waals surface area (Å²) in [5.74, 6) is -0.145. The molecule has 6 nitrogen and oxygen atoms in total. The van der Waals surface area contributed by atoms with Crippen LogP contribution in [0, 0.1) is 0 Å². The Balaban J connectivity index is 2.45. The van der Waals surface area contributed by atoms with Gasteiger partial charge >= 0.3 is 5.97 Å². The topological polar surface area (TPSA) is 60.8 Å². The van der Waals surface area contributed by atoms with Gasteiger partial charge in [0.2, 0.25) is 0 Å². The van der Waals surface area contributed by atoms with Gasteiger partial charge in [-0.05, 0) is 27.7 Å². The number of ether oxygens (including phenoxy) is 2. The highest BCUT2D eigenvalue weighted by Gasteiger charge is 2.26. The summed E-state index contributed by atoms with van der Waals surface area (Å²) in [5, 5.41) is 0. The number of carbonyl (C=O) groups excluding carboxylic acids is 1. The van der Waals surface area contributed by atoms with Crippen molar-refractivity contribution >= 4 is 5.97 Å². The molecule has 0 saturated carbocycles.